The number of hydrogen-bond donors (Lipinski definition) is 1. The number of carbonyl (C=O) groups excluding carboxylic acids is 1. The fourth-order valence-corrected chi connectivity index (χ4v) is 6.24. The first kappa shape index (κ1) is 23.2. The SMILES string of the molecule is Cc1ccc(S(=O)(=O)N2CCCC[C@@H]2C)cc1C(=O)N1CCN(C[C@H](C)O)[C@H](C)C1. The van der Waals surface area contributed by atoms with Gasteiger partial charge >= 0.3 is 0 Å². The zero-order chi connectivity index (χ0) is 22.1. The maximum Gasteiger partial charge on any atom is 0.254 e. The molecule has 1 amide bonds. The Bertz CT molecular complexity index is 871. The van der Waals surface area contributed by atoms with Gasteiger partial charge < -0.3 is 10.0 Å². The van der Waals surface area contributed by atoms with E-state index >= 15 is 0 Å². The van der Waals surface area contributed by atoms with E-state index in [1.54, 1.807) is 34.3 Å². The molecular formula is C22H35N3O4S. The lowest BCUT2D eigenvalue weighted by Crippen LogP contribution is -2.55. The molecule has 1 N–H and O–H groups in total. The van der Waals surface area contributed by atoms with Gasteiger partial charge in [0.25, 0.3) is 5.91 Å². The van der Waals surface area contributed by atoms with Gasteiger partial charge in [0.2, 0.25) is 10.0 Å². The normalized spacial score (nSPS) is 25.3. The number of nitrogens with zero attached hydrogens (tertiary/aromatic N) is 3. The molecule has 2 heterocycles. The van der Waals surface area contributed by atoms with Crippen LogP contribution in [0.25, 0.3) is 0 Å². The van der Waals surface area contributed by atoms with Crippen LogP contribution in [-0.2, 0) is 10.0 Å². The van der Waals surface area contributed by atoms with E-state index in [4.69, 9.17) is 0 Å². The number of sulfonamides is 1. The monoisotopic (exact) mass is 437 g/mol. The molecule has 2 aliphatic heterocycles. The smallest absolute Gasteiger partial charge is 0.254 e. The first-order chi connectivity index (χ1) is 14.1. The molecule has 2 saturated heterocycles. The van der Waals surface area contributed by atoms with Crippen LogP contribution in [0.2, 0.25) is 0 Å². The van der Waals surface area contributed by atoms with E-state index in [0.29, 0.717) is 38.3 Å². The topological polar surface area (TPSA) is 81.2 Å². The van der Waals surface area contributed by atoms with Crippen LogP contribution < -0.4 is 0 Å². The molecule has 7 nitrogen and oxygen atoms in total. The summed E-state index contributed by atoms with van der Waals surface area (Å²) in [5.41, 5.74) is 1.24. The lowest BCUT2D eigenvalue weighted by Gasteiger charge is -2.40. The van der Waals surface area contributed by atoms with E-state index < -0.39 is 16.1 Å². The van der Waals surface area contributed by atoms with Crippen LogP contribution in [0.1, 0.15) is 56.0 Å². The van der Waals surface area contributed by atoms with Crippen molar-refractivity contribution in [1.82, 2.24) is 14.1 Å². The molecule has 3 atom stereocenters. The average molecular weight is 438 g/mol. The third kappa shape index (κ3) is 4.88. The Kier molecular flexibility index (Phi) is 7.22. The summed E-state index contributed by atoms with van der Waals surface area (Å²) in [7, 11) is -3.62. The number of benzene rings is 1. The van der Waals surface area contributed by atoms with Crippen molar-refractivity contribution in [1.29, 1.82) is 0 Å². The summed E-state index contributed by atoms with van der Waals surface area (Å²) in [6.45, 7) is 10.6. The standard InChI is InChI=1S/C22H35N3O4S/c1-16-8-9-20(30(28,29)25-10-6-5-7-17(25)2)13-21(16)22(27)24-12-11-23(15-19(4)26)18(3)14-24/h8-9,13,17-19,26H,5-7,10-12,14-15H2,1-4H3/t17-,18+,19-/m0/s1. The van der Waals surface area contributed by atoms with Gasteiger partial charge in [-0.1, -0.05) is 12.5 Å². The summed E-state index contributed by atoms with van der Waals surface area (Å²) < 4.78 is 28.0. The Morgan fingerprint density at radius 1 is 1.17 bits per heavy atom. The number of carbonyl (C=O) groups is 1. The molecule has 0 unspecified atom stereocenters. The third-order valence-electron chi connectivity index (χ3n) is 6.34. The van der Waals surface area contributed by atoms with Crippen LogP contribution in [0, 0.1) is 6.92 Å². The molecule has 2 fully saturated rings. The second-order valence-corrected chi connectivity index (χ2v) is 10.8. The second-order valence-electron chi connectivity index (χ2n) is 8.88. The fourth-order valence-electron chi connectivity index (χ4n) is 4.52. The summed E-state index contributed by atoms with van der Waals surface area (Å²) in [6.07, 6.45) is 2.38. The van der Waals surface area contributed by atoms with Gasteiger partial charge in [0.15, 0.2) is 0 Å². The van der Waals surface area contributed by atoms with Gasteiger partial charge in [0.1, 0.15) is 0 Å². The van der Waals surface area contributed by atoms with Crippen molar-refractivity contribution >= 4 is 15.9 Å². The highest BCUT2D eigenvalue weighted by Gasteiger charge is 2.33. The molecule has 0 aromatic heterocycles. The summed E-state index contributed by atoms with van der Waals surface area (Å²) in [4.78, 5) is 17.4. The Labute approximate surface area is 180 Å². The first-order valence-corrected chi connectivity index (χ1v) is 12.4. The molecule has 0 spiro atoms. The average Bonchev–Trinajstić information content (AvgIpc) is 2.69. The van der Waals surface area contributed by atoms with Crippen molar-refractivity contribution in [3.8, 4) is 0 Å². The number of β-amino-alcohol motifs (C(OH)–C–C–N with tert-alkyl or cyclic N) is 1. The number of piperidine rings is 1. The summed E-state index contributed by atoms with van der Waals surface area (Å²) in [5, 5.41) is 9.66. The molecule has 1 aromatic rings. The summed E-state index contributed by atoms with van der Waals surface area (Å²) in [5.74, 6) is -0.125. The van der Waals surface area contributed by atoms with Crippen molar-refractivity contribution in [3.63, 3.8) is 0 Å². The van der Waals surface area contributed by atoms with E-state index in [9.17, 15) is 18.3 Å². The molecule has 30 heavy (non-hydrogen) atoms. The number of rotatable bonds is 5. The van der Waals surface area contributed by atoms with Crippen molar-refractivity contribution in [2.75, 3.05) is 32.7 Å². The first-order valence-electron chi connectivity index (χ1n) is 10.9. The molecule has 0 aliphatic carbocycles. The van der Waals surface area contributed by atoms with Gasteiger partial charge in [-0.2, -0.15) is 4.31 Å². The molecule has 0 saturated carbocycles. The highest BCUT2D eigenvalue weighted by Crippen LogP contribution is 2.27. The number of piperazine rings is 1. The molecule has 0 radical (unpaired) electrons. The van der Waals surface area contributed by atoms with E-state index in [1.165, 1.54) is 0 Å². The van der Waals surface area contributed by atoms with Crippen LogP contribution >= 0.6 is 0 Å². The molecular weight excluding hydrogens is 402 g/mol. The van der Waals surface area contributed by atoms with Gasteiger partial charge in [0.05, 0.1) is 11.0 Å². The molecule has 168 valence electrons. The molecule has 2 aliphatic rings. The minimum absolute atomic E-state index is 0.0213. The van der Waals surface area contributed by atoms with Gasteiger partial charge in [-0.15, -0.1) is 0 Å². The largest absolute Gasteiger partial charge is 0.392 e. The van der Waals surface area contributed by atoms with Crippen LogP contribution in [-0.4, -0.2) is 84.4 Å². The van der Waals surface area contributed by atoms with Crippen LogP contribution in [0.4, 0.5) is 0 Å². The minimum Gasteiger partial charge on any atom is -0.392 e. The Balaban J connectivity index is 1.81. The van der Waals surface area contributed by atoms with E-state index in [2.05, 4.69) is 4.90 Å². The van der Waals surface area contributed by atoms with Crippen LogP contribution in [0.5, 0.6) is 0 Å². The van der Waals surface area contributed by atoms with Crippen LogP contribution in [0.15, 0.2) is 23.1 Å². The lowest BCUT2D eigenvalue weighted by atomic mass is 10.1. The molecule has 0 bridgehead atoms. The second kappa shape index (κ2) is 9.34. The number of aryl methyl sites for hydroxylation is 1. The maximum absolute atomic E-state index is 13.3. The Morgan fingerprint density at radius 2 is 1.90 bits per heavy atom. The fraction of sp³-hybridized carbons (Fsp3) is 0.682. The molecule has 1 aromatic carbocycles. The predicted molar refractivity (Wildman–Crippen MR) is 117 cm³/mol. The van der Waals surface area contributed by atoms with Crippen molar-refractivity contribution in [2.24, 2.45) is 0 Å². The Hall–Kier alpha value is -1.48. The predicted octanol–water partition coefficient (Wildman–Crippen LogP) is 2.09. The molecule has 3 rings (SSSR count). The quantitative estimate of drug-likeness (QED) is 0.763. The minimum atomic E-state index is -3.62. The maximum atomic E-state index is 13.3. The summed E-state index contributed by atoms with van der Waals surface area (Å²) in [6, 6.07) is 5.03. The number of amides is 1. The number of aliphatic hydroxyl groups is 1. The zero-order valence-corrected chi connectivity index (χ0v) is 19.4. The van der Waals surface area contributed by atoms with E-state index in [0.717, 1.165) is 24.8 Å². The highest BCUT2D eigenvalue weighted by atomic mass is 32.2. The Morgan fingerprint density at radius 3 is 2.53 bits per heavy atom. The van der Waals surface area contributed by atoms with Crippen molar-refractivity contribution in [2.45, 2.75) is 70.0 Å². The highest BCUT2D eigenvalue weighted by molar-refractivity contribution is 7.89. The van der Waals surface area contributed by atoms with Crippen LogP contribution in [0.3, 0.4) is 0 Å². The lowest BCUT2D eigenvalue weighted by molar-refractivity contribution is 0.0364. The summed E-state index contributed by atoms with van der Waals surface area (Å²) >= 11 is 0. The van der Waals surface area contributed by atoms with Crippen molar-refractivity contribution < 1.29 is 18.3 Å². The van der Waals surface area contributed by atoms with E-state index in [-0.39, 0.29) is 22.9 Å². The van der Waals surface area contributed by atoms with Gasteiger partial charge in [0, 0.05) is 50.4 Å². The third-order valence-corrected chi connectivity index (χ3v) is 8.35. The van der Waals surface area contributed by atoms with Gasteiger partial charge in [-0.25, -0.2) is 8.42 Å². The van der Waals surface area contributed by atoms with E-state index in [1.807, 2.05) is 20.8 Å². The number of aliphatic hydroxyl groups excluding tert-OH is 1. The zero-order valence-electron chi connectivity index (χ0n) is 18.5. The van der Waals surface area contributed by atoms with Crippen molar-refractivity contribution in [3.05, 3.63) is 29.3 Å². The number of hydrogen-bond acceptors (Lipinski definition) is 5. The van der Waals surface area contributed by atoms with Gasteiger partial charge in [-0.05, 0) is 58.2 Å². The molecule has 8 heteroatoms. The van der Waals surface area contributed by atoms with Gasteiger partial charge in [-0.3, -0.25) is 9.69 Å².